The number of unbranched alkanes of at least 4 members (excludes halogenated alkanes) is 2. The van der Waals surface area contributed by atoms with Crippen LogP contribution in [0.25, 0.3) is 0 Å². The number of aromatic nitrogens is 2. The van der Waals surface area contributed by atoms with Crippen molar-refractivity contribution in [3.8, 4) is 11.5 Å². The van der Waals surface area contributed by atoms with E-state index in [0.29, 0.717) is 24.5 Å². The Bertz CT molecular complexity index is 1340. The number of carboxylic acids is 1. The second-order valence-corrected chi connectivity index (χ2v) is 11.8. The highest BCUT2D eigenvalue weighted by atomic mass is 16.7. The number of ketones is 1. The number of benzene rings is 1. The minimum absolute atomic E-state index is 0.0573. The van der Waals surface area contributed by atoms with E-state index >= 15 is 0 Å². The number of fused-ring (bicyclic) bond motifs is 1. The number of ether oxygens (including phenoxy) is 2. The lowest BCUT2D eigenvalue weighted by molar-refractivity contribution is -0.143. The van der Waals surface area contributed by atoms with Crippen molar-refractivity contribution in [2.75, 3.05) is 19.9 Å². The van der Waals surface area contributed by atoms with Gasteiger partial charge in [0.25, 0.3) is 0 Å². The number of likely N-dealkylation sites (tertiary alicyclic amines) is 1. The van der Waals surface area contributed by atoms with Gasteiger partial charge in [0.2, 0.25) is 6.79 Å². The van der Waals surface area contributed by atoms with Crippen LogP contribution in [0.3, 0.4) is 0 Å². The molecule has 2 aliphatic rings. The molecular weight excluding hydrogens is 530 g/mol. The Morgan fingerprint density at radius 3 is 2.67 bits per heavy atom. The lowest BCUT2D eigenvalue weighted by Gasteiger charge is -2.28. The zero-order valence-corrected chi connectivity index (χ0v) is 24.8. The quantitative estimate of drug-likeness (QED) is 0.235. The standard InChI is InChI=1S/C34H43N3O5/c1-3-4-5-9-25(12-11-24-8-6-17-35-20-24)30(38)22-37-21-28(26-13-16-31-32(19-26)42-23-41-31)33(34(39)40)29(37)15-14-27-10-7-18-36(27)2/h6-8,10,13,16-20,25,28-29,33H,3-5,9,11-12,14-15,21-23H2,1-2H3,(H,39,40)/t25-,28-,29+,33-/m1/s1. The van der Waals surface area contributed by atoms with Gasteiger partial charge >= 0.3 is 5.97 Å². The van der Waals surface area contributed by atoms with Gasteiger partial charge in [-0.2, -0.15) is 0 Å². The molecule has 1 aromatic carbocycles. The van der Waals surface area contributed by atoms with Crippen LogP contribution in [-0.4, -0.2) is 57.2 Å². The molecule has 1 saturated heterocycles. The Labute approximate surface area is 248 Å². The topological polar surface area (TPSA) is 93.9 Å². The third kappa shape index (κ3) is 7.04. The highest BCUT2D eigenvalue weighted by Crippen LogP contribution is 2.43. The maximum absolute atomic E-state index is 14.0. The predicted molar refractivity (Wildman–Crippen MR) is 161 cm³/mol. The molecule has 0 aliphatic carbocycles. The Kier molecular flexibility index (Phi) is 9.95. The third-order valence-electron chi connectivity index (χ3n) is 9.08. The zero-order chi connectivity index (χ0) is 29.5. The van der Waals surface area contributed by atoms with Crippen molar-refractivity contribution < 1.29 is 24.2 Å². The average Bonchev–Trinajstić information content (AvgIpc) is 3.72. The molecule has 4 heterocycles. The molecule has 8 heteroatoms. The largest absolute Gasteiger partial charge is 0.481 e. The minimum atomic E-state index is -0.819. The van der Waals surface area contributed by atoms with Crippen LogP contribution in [0.15, 0.2) is 61.1 Å². The van der Waals surface area contributed by atoms with Crippen LogP contribution in [0.4, 0.5) is 0 Å². The van der Waals surface area contributed by atoms with Crippen molar-refractivity contribution in [3.05, 3.63) is 77.9 Å². The first-order valence-corrected chi connectivity index (χ1v) is 15.3. The maximum Gasteiger partial charge on any atom is 0.308 e. The van der Waals surface area contributed by atoms with Crippen molar-refractivity contribution in [1.29, 1.82) is 0 Å². The van der Waals surface area contributed by atoms with E-state index in [1.54, 1.807) is 6.20 Å². The number of carbonyl (C=O) groups excluding carboxylic acids is 1. The van der Waals surface area contributed by atoms with E-state index in [0.717, 1.165) is 61.8 Å². The lowest BCUT2D eigenvalue weighted by Crippen LogP contribution is -2.41. The molecule has 2 aromatic heterocycles. The molecule has 0 saturated carbocycles. The summed E-state index contributed by atoms with van der Waals surface area (Å²) >= 11 is 0. The van der Waals surface area contributed by atoms with Crippen molar-refractivity contribution in [2.45, 2.75) is 70.3 Å². The van der Waals surface area contributed by atoms with Gasteiger partial charge in [-0.05, 0) is 73.6 Å². The Morgan fingerprint density at radius 2 is 1.93 bits per heavy atom. The molecule has 4 atom stereocenters. The molecule has 0 radical (unpaired) electrons. The van der Waals surface area contributed by atoms with Gasteiger partial charge in [0.1, 0.15) is 5.78 Å². The van der Waals surface area contributed by atoms with E-state index < -0.39 is 11.9 Å². The molecule has 42 heavy (non-hydrogen) atoms. The zero-order valence-electron chi connectivity index (χ0n) is 24.8. The normalized spacial score (nSPS) is 20.6. The van der Waals surface area contributed by atoms with E-state index in [1.165, 1.54) is 0 Å². The van der Waals surface area contributed by atoms with E-state index in [-0.39, 0.29) is 37.0 Å². The summed E-state index contributed by atoms with van der Waals surface area (Å²) in [6.45, 7) is 3.14. The molecule has 1 fully saturated rings. The van der Waals surface area contributed by atoms with Crippen LogP contribution in [0.1, 0.15) is 68.2 Å². The highest BCUT2D eigenvalue weighted by Gasteiger charge is 2.47. The van der Waals surface area contributed by atoms with Crippen LogP contribution >= 0.6 is 0 Å². The number of nitrogens with zero attached hydrogens (tertiary/aromatic N) is 3. The summed E-state index contributed by atoms with van der Waals surface area (Å²) in [5.41, 5.74) is 3.22. The summed E-state index contributed by atoms with van der Waals surface area (Å²) in [4.78, 5) is 33.3. The number of aryl methyl sites for hydroxylation is 3. The molecular formula is C34H43N3O5. The molecule has 224 valence electrons. The van der Waals surface area contributed by atoms with E-state index in [9.17, 15) is 14.7 Å². The smallest absolute Gasteiger partial charge is 0.308 e. The Balaban J connectivity index is 1.37. The SMILES string of the molecule is CCCCC[C@H](CCc1cccnc1)C(=O)CN1C[C@H](c2ccc3c(c2)OCO3)[C@@H](C(=O)O)[C@@H]1CCc1cccn1C. The second-order valence-electron chi connectivity index (χ2n) is 11.8. The van der Waals surface area contributed by atoms with Crippen molar-refractivity contribution in [2.24, 2.45) is 18.9 Å². The fourth-order valence-electron chi connectivity index (χ4n) is 6.71. The van der Waals surface area contributed by atoms with Crippen molar-refractivity contribution in [3.63, 3.8) is 0 Å². The number of hydrogen-bond acceptors (Lipinski definition) is 6. The first-order valence-electron chi connectivity index (χ1n) is 15.3. The molecule has 5 rings (SSSR count). The molecule has 1 N–H and O–H groups in total. The monoisotopic (exact) mass is 573 g/mol. The number of pyridine rings is 1. The van der Waals surface area contributed by atoms with Crippen LogP contribution < -0.4 is 9.47 Å². The van der Waals surface area contributed by atoms with Gasteiger partial charge in [-0.25, -0.2) is 0 Å². The van der Waals surface area contributed by atoms with E-state index in [4.69, 9.17) is 9.47 Å². The van der Waals surface area contributed by atoms with Gasteiger partial charge in [-0.1, -0.05) is 38.3 Å². The summed E-state index contributed by atoms with van der Waals surface area (Å²) in [6, 6.07) is 13.6. The van der Waals surface area contributed by atoms with Gasteiger partial charge in [0.15, 0.2) is 11.5 Å². The number of hydrogen-bond donors (Lipinski definition) is 1. The number of rotatable bonds is 15. The molecule has 0 amide bonds. The predicted octanol–water partition coefficient (Wildman–Crippen LogP) is 5.65. The van der Waals surface area contributed by atoms with Gasteiger partial charge in [-0.3, -0.25) is 19.5 Å². The highest BCUT2D eigenvalue weighted by molar-refractivity contribution is 5.83. The Hall–Kier alpha value is -3.65. The van der Waals surface area contributed by atoms with Gasteiger partial charge in [-0.15, -0.1) is 0 Å². The lowest BCUT2D eigenvalue weighted by atomic mass is 9.83. The maximum atomic E-state index is 14.0. The van der Waals surface area contributed by atoms with Crippen LogP contribution in [-0.2, 0) is 29.5 Å². The fraction of sp³-hybridized carbons (Fsp3) is 0.500. The summed E-state index contributed by atoms with van der Waals surface area (Å²) in [6.07, 6.45) is 12.8. The molecule has 0 unspecified atom stereocenters. The molecule has 8 nitrogen and oxygen atoms in total. The fourth-order valence-corrected chi connectivity index (χ4v) is 6.71. The van der Waals surface area contributed by atoms with Crippen LogP contribution in [0, 0.1) is 11.8 Å². The molecule has 2 aliphatic heterocycles. The molecule has 0 spiro atoms. The van der Waals surface area contributed by atoms with Gasteiger partial charge < -0.3 is 19.1 Å². The first kappa shape index (κ1) is 29.8. The van der Waals surface area contributed by atoms with Crippen molar-refractivity contribution >= 4 is 11.8 Å². The first-order chi connectivity index (χ1) is 20.4. The summed E-state index contributed by atoms with van der Waals surface area (Å²) in [5, 5.41) is 10.6. The summed E-state index contributed by atoms with van der Waals surface area (Å²) < 4.78 is 13.2. The summed E-state index contributed by atoms with van der Waals surface area (Å²) in [5.74, 6) is -0.213. The number of carboxylic acid groups (broad SMARTS) is 1. The van der Waals surface area contributed by atoms with Crippen LogP contribution in [0.5, 0.6) is 11.5 Å². The van der Waals surface area contributed by atoms with Crippen LogP contribution in [0.2, 0.25) is 0 Å². The van der Waals surface area contributed by atoms with Gasteiger partial charge in [0.05, 0.1) is 12.5 Å². The second kappa shape index (κ2) is 14.0. The number of carbonyl (C=O) groups is 2. The summed E-state index contributed by atoms with van der Waals surface area (Å²) in [7, 11) is 2.01. The van der Waals surface area contributed by atoms with Gasteiger partial charge in [0, 0.05) is 55.8 Å². The molecule has 3 aromatic rings. The van der Waals surface area contributed by atoms with E-state index in [2.05, 4.69) is 33.5 Å². The van der Waals surface area contributed by atoms with Crippen molar-refractivity contribution in [1.82, 2.24) is 14.5 Å². The number of aliphatic carboxylic acids is 1. The number of Topliss-reactive ketones (excluding diaryl/α,β-unsaturated/α-hetero) is 1. The molecule has 0 bridgehead atoms. The third-order valence-corrected chi connectivity index (χ3v) is 9.08. The Morgan fingerprint density at radius 1 is 1.07 bits per heavy atom. The minimum Gasteiger partial charge on any atom is -0.481 e. The average molecular weight is 574 g/mol. The van der Waals surface area contributed by atoms with E-state index in [1.807, 2.05) is 49.8 Å².